The third kappa shape index (κ3) is 4.37. The van der Waals surface area contributed by atoms with Crippen LogP contribution in [0.15, 0.2) is 30.3 Å². The lowest BCUT2D eigenvalue weighted by atomic mass is 9.90. The molecule has 0 amide bonds. The van der Waals surface area contributed by atoms with E-state index in [-0.39, 0.29) is 10.7 Å². The van der Waals surface area contributed by atoms with Crippen molar-refractivity contribution in [2.45, 2.75) is 32.7 Å². The van der Waals surface area contributed by atoms with Crippen molar-refractivity contribution in [2.24, 2.45) is 5.92 Å². The predicted molar refractivity (Wildman–Crippen MR) is 79.1 cm³/mol. The minimum Gasteiger partial charge on any atom is -0.212 e. The smallest absolute Gasteiger partial charge is 0.212 e. The van der Waals surface area contributed by atoms with Crippen LogP contribution in [0.5, 0.6) is 0 Å². The lowest BCUT2D eigenvalue weighted by Crippen LogP contribution is -2.33. The van der Waals surface area contributed by atoms with E-state index in [1.165, 1.54) is 0 Å². The van der Waals surface area contributed by atoms with Gasteiger partial charge in [0.05, 0.1) is 0 Å². The van der Waals surface area contributed by atoms with Crippen LogP contribution in [0.25, 0.3) is 0 Å². The number of alkyl halides is 1. The molecule has 18 heavy (non-hydrogen) atoms. The first kappa shape index (κ1) is 15.7. The van der Waals surface area contributed by atoms with Gasteiger partial charge in [-0.2, -0.15) is 0 Å². The topological polar surface area (TPSA) is 46.2 Å². The normalized spacial score (nSPS) is 13.8. The monoisotopic (exact) mass is 333 g/mol. The molecule has 102 valence electrons. The molecular weight excluding hydrogens is 314 g/mol. The Kier molecular flexibility index (Phi) is 6.32. The third-order valence-electron chi connectivity index (χ3n) is 3.13. The van der Waals surface area contributed by atoms with Crippen molar-refractivity contribution >= 4 is 26.0 Å². The summed E-state index contributed by atoms with van der Waals surface area (Å²) in [4.78, 5) is 0. The standard InChI is InChI=1S/C13H20BrNO2S/c1-3-11(4-2)13(15-18(16,17)10-14)12-8-6-5-7-9-12/h5-9,11,13,15H,3-4,10H2,1-2H3. The van der Waals surface area contributed by atoms with E-state index in [0.29, 0.717) is 5.92 Å². The van der Waals surface area contributed by atoms with Crippen molar-refractivity contribution in [1.82, 2.24) is 4.72 Å². The SMILES string of the molecule is CCC(CC)C(NS(=O)(=O)CBr)c1ccccc1. The molecule has 0 aliphatic rings. The second-order valence-electron chi connectivity index (χ2n) is 4.31. The highest BCUT2D eigenvalue weighted by Crippen LogP contribution is 2.28. The molecule has 3 nitrogen and oxygen atoms in total. The lowest BCUT2D eigenvalue weighted by molar-refractivity contribution is 0.379. The first-order valence-electron chi connectivity index (χ1n) is 6.15. The number of benzene rings is 1. The average molecular weight is 334 g/mol. The van der Waals surface area contributed by atoms with Crippen LogP contribution in [0, 0.1) is 5.92 Å². The third-order valence-corrected chi connectivity index (χ3v) is 5.84. The zero-order chi connectivity index (χ0) is 13.6. The molecule has 0 radical (unpaired) electrons. The Morgan fingerprint density at radius 3 is 2.17 bits per heavy atom. The van der Waals surface area contributed by atoms with Gasteiger partial charge in [0.2, 0.25) is 10.0 Å². The zero-order valence-electron chi connectivity index (χ0n) is 10.8. The van der Waals surface area contributed by atoms with E-state index in [2.05, 4.69) is 34.5 Å². The second-order valence-corrected chi connectivity index (χ2v) is 7.36. The Hall–Kier alpha value is -0.390. The second kappa shape index (κ2) is 7.26. The molecule has 1 rings (SSSR count). The minimum absolute atomic E-state index is 0.0660. The summed E-state index contributed by atoms with van der Waals surface area (Å²) in [6.45, 7) is 4.18. The number of halogens is 1. The predicted octanol–water partition coefficient (Wildman–Crippen LogP) is 3.44. The van der Waals surface area contributed by atoms with E-state index in [1.807, 2.05) is 30.3 Å². The van der Waals surface area contributed by atoms with E-state index in [0.717, 1.165) is 18.4 Å². The minimum atomic E-state index is -3.27. The maximum Gasteiger partial charge on any atom is 0.222 e. The van der Waals surface area contributed by atoms with Gasteiger partial charge in [-0.05, 0) is 11.5 Å². The van der Waals surface area contributed by atoms with Crippen LogP contribution in [0.1, 0.15) is 38.3 Å². The zero-order valence-corrected chi connectivity index (χ0v) is 13.2. The summed E-state index contributed by atoms with van der Waals surface area (Å²) in [6, 6.07) is 9.61. The van der Waals surface area contributed by atoms with Crippen molar-refractivity contribution in [1.29, 1.82) is 0 Å². The molecule has 0 fully saturated rings. The molecule has 0 saturated carbocycles. The molecule has 0 heterocycles. The molecular formula is C13H20BrNO2S. The lowest BCUT2D eigenvalue weighted by Gasteiger charge is -2.26. The Bertz CT molecular complexity index is 443. The number of rotatable bonds is 7. The summed E-state index contributed by atoms with van der Waals surface area (Å²) in [7, 11) is -3.27. The number of hydrogen-bond acceptors (Lipinski definition) is 2. The van der Waals surface area contributed by atoms with Gasteiger partial charge in [-0.15, -0.1) is 0 Å². The molecule has 1 aromatic rings. The van der Waals surface area contributed by atoms with E-state index < -0.39 is 10.0 Å². The van der Waals surface area contributed by atoms with Crippen LogP contribution < -0.4 is 4.72 Å². The summed E-state index contributed by atoms with van der Waals surface area (Å²) in [5.74, 6) is 0.307. The molecule has 1 N–H and O–H groups in total. The Labute approximate surface area is 118 Å². The molecule has 5 heteroatoms. The van der Waals surface area contributed by atoms with Crippen LogP contribution in [-0.2, 0) is 10.0 Å². The van der Waals surface area contributed by atoms with Crippen molar-refractivity contribution in [3.8, 4) is 0 Å². The highest BCUT2D eigenvalue weighted by Gasteiger charge is 2.24. The first-order valence-corrected chi connectivity index (χ1v) is 8.92. The van der Waals surface area contributed by atoms with Crippen LogP contribution >= 0.6 is 15.9 Å². The molecule has 0 bridgehead atoms. The molecule has 1 unspecified atom stereocenters. The van der Waals surface area contributed by atoms with Gasteiger partial charge in [0, 0.05) is 6.04 Å². The molecule has 0 saturated heterocycles. The van der Waals surface area contributed by atoms with Crippen molar-refractivity contribution in [3.05, 3.63) is 35.9 Å². The quantitative estimate of drug-likeness (QED) is 0.777. The maximum absolute atomic E-state index is 11.8. The van der Waals surface area contributed by atoms with E-state index in [4.69, 9.17) is 0 Å². The van der Waals surface area contributed by atoms with Gasteiger partial charge in [0.25, 0.3) is 0 Å². The van der Waals surface area contributed by atoms with Gasteiger partial charge < -0.3 is 0 Å². The summed E-state index contributed by atoms with van der Waals surface area (Å²) >= 11 is 3.01. The highest BCUT2D eigenvalue weighted by molar-refractivity contribution is 9.10. The summed E-state index contributed by atoms with van der Waals surface area (Å²) in [5, 5.41) is 0. The molecule has 1 aromatic carbocycles. The van der Waals surface area contributed by atoms with Gasteiger partial charge in [0.15, 0.2) is 0 Å². The number of hydrogen-bond donors (Lipinski definition) is 1. The van der Waals surface area contributed by atoms with Crippen molar-refractivity contribution < 1.29 is 8.42 Å². The van der Waals surface area contributed by atoms with Crippen LogP contribution in [0.2, 0.25) is 0 Å². The van der Waals surface area contributed by atoms with Crippen molar-refractivity contribution in [2.75, 3.05) is 4.66 Å². The van der Waals surface area contributed by atoms with Gasteiger partial charge >= 0.3 is 0 Å². The van der Waals surface area contributed by atoms with E-state index in [1.54, 1.807) is 0 Å². The van der Waals surface area contributed by atoms with Gasteiger partial charge in [-0.1, -0.05) is 73.0 Å². The van der Waals surface area contributed by atoms with Crippen LogP contribution in [0.3, 0.4) is 0 Å². The average Bonchev–Trinajstić information content (AvgIpc) is 2.40. The van der Waals surface area contributed by atoms with Crippen molar-refractivity contribution in [3.63, 3.8) is 0 Å². The Morgan fingerprint density at radius 1 is 1.17 bits per heavy atom. The highest BCUT2D eigenvalue weighted by atomic mass is 79.9. The molecule has 0 aromatic heterocycles. The molecule has 0 aliphatic heterocycles. The maximum atomic E-state index is 11.8. The van der Waals surface area contributed by atoms with E-state index in [9.17, 15) is 8.42 Å². The number of nitrogens with one attached hydrogen (secondary N) is 1. The fourth-order valence-electron chi connectivity index (χ4n) is 2.08. The molecule has 0 aliphatic carbocycles. The first-order chi connectivity index (χ1) is 8.54. The molecule has 0 spiro atoms. The summed E-state index contributed by atoms with van der Waals surface area (Å²) in [5.41, 5.74) is 1.02. The summed E-state index contributed by atoms with van der Waals surface area (Å²) < 4.78 is 26.2. The van der Waals surface area contributed by atoms with Gasteiger partial charge in [-0.3, -0.25) is 0 Å². The fraction of sp³-hybridized carbons (Fsp3) is 0.538. The Morgan fingerprint density at radius 2 is 1.72 bits per heavy atom. The van der Waals surface area contributed by atoms with Crippen LogP contribution in [-0.4, -0.2) is 13.1 Å². The van der Waals surface area contributed by atoms with Gasteiger partial charge in [0.1, 0.15) is 4.66 Å². The number of sulfonamides is 1. The fourth-order valence-corrected chi connectivity index (χ4v) is 3.26. The van der Waals surface area contributed by atoms with E-state index >= 15 is 0 Å². The van der Waals surface area contributed by atoms with Crippen LogP contribution in [0.4, 0.5) is 0 Å². The largest absolute Gasteiger partial charge is 0.222 e. The van der Waals surface area contributed by atoms with Gasteiger partial charge in [-0.25, -0.2) is 13.1 Å². The molecule has 1 atom stereocenters. The Balaban J connectivity index is 3.03. The summed E-state index contributed by atoms with van der Waals surface area (Å²) in [6.07, 6.45) is 1.89.